The van der Waals surface area contributed by atoms with E-state index < -0.39 is 0 Å². The number of hydrogen-bond acceptors (Lipinski definition) is 4. The van der Waals surface area contributed by atoms with E-state index in [9.17, 15) is 4.79 Å². The molecular formula is C12H11NO2S. The first-order chi connectivity index (χ1) is 7.75. The molecule has 0 aliphatic rings. The Labute approximate surface area is 97.7 Å². The minimum Gasteiger partial charge on any atom is -0.486 e. The first-order valence-corrected chi connectivity index (χ1v) is 5.71. The predicted octanol–water partition coefficient (Wildman–Crippen LogP) is 2.92. The summed E-state index contributed by atoms with van der Waals surface area (Å²) in [6, 6.07) is 9.54. The zero-order valence-corrected chi connectivity index (χ0v) is 9.66. The SMILES string of the molecule is CC(=O)c1cnc(COc2ccccc2)s1. The molecule has 16 heavy (non-hydrogen) atoms. The number of para-hydroxylation sites is 1. The second kappa shape index (κ2) is 4.90. The van der Waals surface area contributed by atoms with Gasteiger partial charge in [0, 0.05) is 13.1 Å². The first kappa shape index (κ1) is 10.8. The molecule has 1 aromatic heterocycles. The molecule has 1 aromatic carbocycles. The lowest BCUT2D eigenvalue weighted by atomic mass is 10.3. The van der Waals surface area contributed by atoms with Crippen LogP contribution in [0.3, 0.4) is 0 Å². The van der Waals surface area contributed by atoms with Crippen LogP contribution in [0.1, 0.15) is 21.6 Å². The van der Waals surface area contributed by atoms with Crippen molar-refractivity contribution in [2.24, 2.45) is 0 Å². The third kappa shape index (κ3) is 2.67. The number of aromatic nitrogens is 1. The molecule has 0 saturated heterocycles. The Kier molecular flexibility index (Phi) is 3.31. The Morgan fingerprint density at radius 3 is 2.75 bits per heavy atom. The topological polar surface area (TPSA) is 39.2 Å². The number of ether oxygens (including phenoxy) is 1. The van der Waals surface area contributed by atoms with E-state index in [1.807, 2.05) is 30.3 Å². The van der Waals surface area contributed by atoms with Crippen LogP contribution in [0, 0.1) is 0 Å². The van der Waals surface area contributed by atoms with Crippen molar-refractivity contribution in [1.82, 2.24) is 4.98 Å². The molecule has 0 radical (unpaired) electrons. The Hall–Kier alpha value is -1.68. The van der Waals surface area contributed by atoms with Crippen molar-refractivity contribution in [1.29, 1.82) is 0 Å². The van der Waals surface area contributed by atoms with Crippen LogP contribution in [0.15, 0.2) is 36.5 Å². The van der Waals surface area contributed by atoms with Crippen molar-refractivity contribution < 1.29 is 9.53 Å². The van der Waals surface area contributed by atoms with Gasteiger partial charge in [0.05, 0.1) is 4.88 Å². The number of benzene rings is 1. The third-order valence-electron chi connectivity index (χ3n) is 2.01. The predicted molar refractivity (Wildman–Crippen MR) is 62.9 cm³/mol. The Morgan fingerprint density at radius 2 is 2.12 bits per heavy atom. The fourth-order valence-electron chi connectivity index (χ4n) is 1.20. The molecule has 0 amide bonds. The summed E-state index contributed by atoms with van der Waals surface area (Å²) in [5.74, 6) is 0.852. The van der Waals surface area contributed by atoms with Crippen LogP contribution in [0.5, 0.6) is 5.75 Å². The van der Waals surface area contributed by atoms with E-state index in [0.717, 1.165) is 10.8 Å². The van der Waals surface area contributed by atoms with Gasteiger partial charge in [0.2, 0.25) is 0 Å². The van der Waals surface area contributed by atoms with E-state index in [-0.39, 0.29) is 5.78 Å². The number of nitrogens with zero attached hydrogens (tertiary/aromatic N) is 1. The first-order valence-electron chi connectivity index (χ1n) is 4.89. The minimum absolute atomic E-state index is 0.0449. The highest BCUT2D eigenvalue weighted by Crippen LogP contribution is 2.16. The number of carbonyl (C=O) groups is 1. The molecule has 2 rings (SSSR count). The van der Waals surface area contributed by atoms with Crippen LogP contribution in [-0.2, 0) is 6.61 Å². The molecule has 0 bridgehead atoms. The highest BCUT2D eigenvalue weighted by Gasteiger charge is 2.06. The van der Waals surface area contributed by atoms with Crippen molar-refractivity contribution in [2.75, 3.05) is 0 Å². The van der Waals surface area contributed by atoms with Crippen molar-refractivity contribution in [3.05, 3.63) is 46.4 Å². The molecule has 0 N–H and O–H groups in total. The molecule has 1 heterocycles. The molecule has 82 valence electrons. The summed E-state index contributed by atoms with van der Waals surface area (Å²) in [7, 11) is 0. The van der Waals surface area contributed by atoms with Gasteiger partial charge in [-0.05, 0) is 12.1 Å². The van der Waals surface area contributed by atoms with Gasteiger partial charge in [-0.2, -0.15) is 0 Å². The minimum atomic E-state index is 0.0449. The molecule has 0 spiro atoms. The lowest BCUT2D eigenvalue weighted by Gasteiger charge is -2.02. The average molecular weight is 233 g/mol. The summed E-state index contributed by atoms with van der Waals surface area (Å²) >= 11 is 1.37. The van der Waals surface area contributed by atoms with Gasteiger partial charge in [-0.25, -0.2) is 4.98 Å². The molecule has 0 aliphatic heterocycles. The maximum absolute atomic E-state index is 11.1. The molecular weight excluding hydrogens is 222 g/mol. The van der Waals surface area contributed by atoms with Crippen LogP contribution in [0.2, 0.25) is 0 Å². The highest BCUT2D eigenvalue weighted by atomic mass is 32.1. The van der Waals surface area contributed by atoms with Crippen molar-refractivity contribution in [3.63, 3.8) is 0 Å². The number of hydrogen-bond donors (Lipinski definition) is 0. The summed E-state index contributed by atoms with van der Waals surface area (Å²) in [5, 5.41) is 0.814. The van der Waals surface area contributed by atoms with Gasteiger partial charge in [-0.15, -0.1) is 11.3 Å². The molecule has 4 heteroatoms. The Morgan fingerprint density at radius 1 is 1.38 bits per heavy atom. The second-order valence-corrected chi connectivity index (χ2v) is 4.39. The van der Waals surface area contributed by atoms with Crippen molar-refractivity contribution >= 4 is 17.1 Å². The number of thiazole rings is 1. The van der Waals surface area contributed by atoms with E-state index in [0.29, 0.717) is 11.5 Å². The maximum atomic E-state index is 11.1. The highest BCUT2D eigenvalue weighted by molar-refractivity contribution is 7.13. The summed E-state index contributed by atoms with van der Waals surface area (Å²) in [6.45, 7) is 1.94. The number of rotatable bonds is 4. The quantitative estimate of drug-likeness (QED) is 0.762. The number of carbonyl (C=O) groups excluding carboxylic acids is 1. The maximum Gasteiger partial charge on any atom is 0.171 e. The van der Waals surface area contributed by atoms with Crippen molar-refractivity contribution in [2.45, 2.75) is 13.5 Å². The van der Waals surface area contributed by atoms with E-state index in [1.165, 1.54) is 18.3 Å². The monoisotopic (exact) mass is 233 g/mol. The Bertz CT molecular complexity index is 479. The lowest BCUT2D eigenvalue weighted by molar-refractivity contribution is 0.102. The zero-order chi connectivity index (χ0) is 11.4. The summed E-state index contributed by atoms with van der Waals surface area (Å²) in [5.41, 5.74) is 0. The van der Waals surface area contributed by atoms with Crippen molar-refractivity contribution in [3.8, 4) is 5.75 Å². The van der Waals surface area contributed by atoms with Gasteiger partial charge in [0.25, 0.3) is 0 Å². The fraction of sp³-hybridized carbons (Fsp3) is 0.167. The Balaban J connectivity index is 1.97. The molecule has 0 saturated carbocycles. The molecule has 2 aromatic rings. The standard InChI is InChI=1S/C12H11NO2S/c1-9(14)11-7-13-12(16-11)8-15-10-5-3-2-4-6-10/h2-7H,8H2,1H3. The zero-order valence-electron chi connectivity index (χ0n) is 8.84. The van der Waals surface area contributed by atoms with Gasteiger partial charge in [-0.3, -0.25) is 4.79 Å². The third-order valence-corrected chi connectivity index (χ3v) is 3.08. The molecule has 0 fully saturated rings. The number of ketones is 1. The molecule has 3 nitrogen and oxygen atoms in total. The van der Waals surface area contributed by atoms with E-state index in [4.69, 9.17) is 4.74 Å². The average Bonchev–Trinajstić information content (AvgIpc) is 2.76. The number of Topliss-reactive ketones (excluding diaryl/α,β-unsaturated/α-hetero) is 1. The van der Waals surface area contributed by atoms with Crippen LogP contribution in [-0.4, -0.2) is 10.8 Å². The molecule has 0 atom stereocenters. The second-order valence-electron chi connectivity index (χ2n) is 3.28. The largest absolute Gasteiger partial charge is 0.486 e. The van der Waals surface area contributed by atoms with Gasteiger partial charge in [-0.1, -0.05) is 18.2 Å². The normalized spacial score (nSPS) is 10.1. The summed E-state index contributed by atoms with van der Waals surface area (Å²) in [6.07, 6.45) is 1.59. The van der Waals surface area contributed by atoms with E-state index in [1.54, 1.807) is 6.20 Å². The molecule has 0 aliphatic carbocycles. The van der Waals surface area contributed by atoms with E-state index in [2.05, 4.69) is 4.98 Å². The smallest absolute Gasteiger partial charge is 0.171 e. The molecule has 0 unspecified atom stereocenters. The lowest BCUT2D eigenvalue weighted by Crippen LogP contribution is -1.93. The summed E-state index contributed by atoms with van der Waals surface area (Å²) < 4.78 is 5.52. The van der Waals surface area contributed by atoms with Crippen LogP contribution in [0.4, 0.5) is 0 Å². The van der Waals surface area contributed by atoms with Gasteiger partial charge in [0.1, 0.15) is 17.4 Å². The van der Waals surface area contributed by atoms with Gasteiger partial charge >= 0.3 is 0 Å². The van der Waals surface area contributed by atoms with E-state index >= 15 is 0 Å². The van der Waals surface area contributed by atoms with Gasteiger partial charge < -0.3 is 4.74 Å². The van der Waals surface area contributed by atoms with Crippen LogP contribution in [0.25, 0.3) is 0 Å². The fourth-order valence-corrected chi connectivity index (χ4v) is 1.93. The van der Waals surface area contributed by atoms with Crippen LogP contribution >= 0.6 is 11.3 Å². The van der Waals surface area contributed by atoms with Crippen LogP contribution < -0.4 is 4.74 Å². The summed E-state index contributed by atoms with van der Waals surface area (Å²) in [4.78, 5) is 15.9. The van der Waals surface area contributed by atoms with Gasteiger partial charge in [0.15, 0.2) is 5.78 Å².